The first-order chi connectivity index (χ1) is 16.7. The maximum atomic E-state index is 13.2. The maximum Gasteiger partial charge on any atom is 0.268 e. The molecule has 2 heterocycles. The van der Waals surface area contributed by atoms with Crippen LogP contribution in [0.2, 0.25) is 0 Å². The van der Waals surface area contributed by atoms with Crippen LogP contribution < -0.4 is 27.0 Å². The molecule has 1 aromatic heterocycles. The maximum absolute atomic E-state index is 13.2. The van der Waals surface area contributed by atoms with Gasteiger partial charge in [-0.2, -0.15) is 0 Å². The van der Waals surface area contributed by atoms with Gasteiger partial charge in [0, 0.05) is 42.2 Å². The van der Waals surface area contributed by atoms with E-state index in [9.17, 15) is 9.59 Å². The van der Waals surface area contributed by atoms with Gasteiger partial charge in [-0.05, 0) is 42.3 Å². The summed E-state index contributed by atoms with van der Waals surface area (Å²) >= 11 is 1.32. The quantitative estimate of drug-likeness (QED) is 0.320. The van der Waals surface area contributed by atoms with Gasteiger partial charge >= 0.3 is 0 Å². The van der Waals surface area contributed by atoms with Crippen molar-refractivity contribution < 1.29 is 9.59 Å². The van der Waals surface area contributed by atoms with Crippen LogP contribution in [0.5, 0.6) is 0 Å². The highest BCUT2D eigenvalue weighted by Crippen LogP contribution is 2.45. The Morgan fingerprint density at radius 1 is 1.14 bits per heavy atom. The number of anilines is 4. The molecule has 182 valence electrons. The van der Waals surface area contributed by atoms with Crippen molar-refractivity contribution in [3.8, 4) is 0 Å². The number of amides is 2. The van der Waals surface area contributed by atoms with E-state index in [0.29, 0.717) is 34.9 Å². The Morgan fingerprint density at radius 3 is 2.69 bits per heavy atom. The van der Waals surface area contributed by atoms with E-state index in [0.717, 1.165) is 27.5 Å². The standard InChI is InChI=1S/C26H30N6O2S/c1-15-8-9-18(31-23(33)16-6-5-7-17(12-16)26(2,3)14-27)13-19(15)32-24(34)22-20(28-4)21-25(35-22)30-11-10-29-21/h5-9,11-13,28-29H,10,14,27H2,1-4H3,(H,31,33)(H,32,34). The molecule has 1 aliphatic rings. The number of hydrogen-bond donors (Lipinski definition) is 5. The lowest BCUT2D eigenvalue weighted by Crippen LogP contribution is -2.28. The second-order valence-corrected chi connectivity index (χ2v) is 10.0. The van der Waals surface area contributed by atoms with Crippen molar-refractivity contribution in [2.45, 2.75) is 26.2 Å². The molecule has 6 N–H and O–H groups in total. The Labute approximate surface area is 209 Å². The monoisotopic (exact) mass is 490 g/mol. The van der Waals surface area contributed by atoms with Crippen molar-refractivity contribution in [3.63, 3.8) is 0 Å². The van der Waals surface area contributed by atoms with Crippen molar-refractivity contribution in [1.82, 2.24) is 0 Å². The number of aryl methyl sites for hydroxylation is 1. The van der Waals surface area contributed by atoms with E-state index in [-0.39, 0.29) is 17.2 Å². The fraction of sp³-hybridized carbons (Fsp3) is 0.269. The summed E-state index contributed by atoms with van der Waals surface area (Å²) in [4.78, 5) is 31.0. The zero-order valence-corrected chi connectivity index (χ0v) is 21.1. The van der Waals surface area contributed by atoms with Crippen LogP contribution in [0, 0.1) is 6.92 Å². The van der Waals surface area contributed by atoms with Crippen molar-refractivity contribution in [2.24, 2.45) is 10.7 Å². The summed E-state index contributed by atoms with van der Waals surface area (Å²) < 4.78 is 0. The summed E-state index contributed by atoms with van der Waals surface area (Å²) in [5.74, 6) is -0.470. The summed E-state index contributed by atoms with van der Waals surface area (Å²) in [7, 11) is 1.78. The molecule has 35 heavy (non-hydrogen) atoms. The zero-order chi connectivity index (χ0) is 25.2. The second-order valence-electron chi connectivity index (χ2n) is 9.04. The molecule has 8 nitrogen and oxygen atoms in total. The number of fused-ring (bicyclic) bond motifs is 1. The smallest absolute Gasteiger partial charge is 0.268 e. The Kier molecular flexibility index (Phi) is 6.90. The highest BCUT2D eigenvalue weighted by molar-refractivity contribution is 7.19. The van der Waals surface area contributed by atoms with Crippen LogP contribution in [-0.4, -0.2) is 38.2 Å². The van der Waals surface area contributed by atoms with Crippen molar-refractivity contribution >= 4 is 57.1 Å². The van der Waals surface area contributed by atoms with Crippen molar-refractivity contribution in [1.29, 1.82) is 0 Å². The van der Waals surface area contributed by atoms with Crippen LogP contribution in [0.25, 0.3) is 0 Å². The van der Waals surface area contributed by atoms with E-state index in [1.54, 1.807) is 25.4 Å². The third-order valence-corrected chi connectivity index (χ3v) is 7.18. The number of benzene rings is 2. The number of carbonyl (C=O) groups is 2. The summed E-state index contributed by atoms with van der Waals surface area (Å²) in [6.45, 7) is 7.09. The van der Waals surface area contributed by atoms with E-state index < -0.39 is 0 Å². The van der Waals surface area contributed by atoms with Gasteiger partial charge in [0.25, 0.3) is 11.8 Å². The molecule has 0 atom stereocenters. The Morgan fingerprint density at radius 2 is 1.94 bits per heavy atom. The first kappa shape index (κ1) is 24.4. The highest BCUT2D eigenvalue weighted by Gasteiger charge is 2.24. The van der Waals surface area contributed by atoms with Crippen LogP contribution in [0.4, 0.5) is 27.8 Å². The number of thiophene rings is 1. The van der Waals surface area contributed by atoms with Gasteiger partial charge in [-0.15, -0.1) is 11.3 Å². The number of nitrogens with zero attached hydrogens (tertiary/aromatic N) is 1. The Bertz CT molecular complexity index is 1310. The van der Waals surface area contributed by atoms with E-state index in [2.05, 4.69) is 26.3 Å². The molecule has 0 bridgehead atoms. The molecule has 1 aliphatic heterocycles. The minimum absolute atomic E-state index is 0.229. The number of hydrogen-bond acceptors (Lipinski definition) is 7. The third kappa shape index (κ3) is 5.06. The molecule has 3 aromatic rings. The summed E-state index contributed by atoms with van der Waals surface area (Å²) in [5, 5.41) is 13.1. The van der Waals surface area contributed by atoms with Gasteiger partial charge in [-0.25, -0.2) is 4.99 Å². The molecule has 4 rings (SSSR count). The van der Waals surface area contributed by atoms with Crippen LogP contribution >= 0.6 is 11.3 Å². The van der Waals surface area contributed by atoms with E-state index in [1.165, 1.54) is 11.3 Å². The van der Waals surface area contributed by atoms with E-state index in [4.69, 9.17) is 5.73 Å². The number of rotatable bonds is 7. The first-order valence-corrected chi connectivity index (χ1v) is 12.2. The molecule has 0 saturated carbocycles. The number of nitrogens with two attached hydrogens (primary N) is 1. The van der Waals surface area contributed by atoms with Gasteiger partial charge in [0.2, 0.25) is 0 Å². The van der Waals surface area contributed by atoms with Gasteiger partial charge < -0.3 is 27.0 Å². The minimum atomic E-state index is -0.242. The van der Waals surface area contributed by atoms with Gasteiger partial charge in [-0.1, -0.05) is 32.0 Å². The lowest BCUT2D eigenvalue weighted by Gasteiger charge is -2.23. The Balaban J connectivity index is 1.54. The molecule has 0 aliphatic carbocycles. The van der Waals surface area contributed by atoms with Gasteiger partial charge in [0.1, 0.15) is 9.88 Å². The molecule has 0 radical (unpaired) electrons. The zero-order valence-electron chi connectivity index (χ0n) is 20.3. The van der Waals surface area contributed by atoms with E-state index >= 15 is 0 Å². The van der Waals surface area contributed by atoms with Crippen LogP contribution in [0.1, 0.15) is 45.0 Å². The number of aliphatic imine (C=N–C) groups is 1. The van der Waals surface area contributed by atoms with Gasteiger partial charge in [0.15, 0.2) is 0 Å². The van der Waals surface area contributed by atoms with Gasteiger partial charge in [-0.3, -0.25) is 9.59 Å². The van der Waals surface area contributed by atoms with Crippen LogP contribution in [0.15, 0.2) is 47.5 Å². The molecular weight excluding hydrogens is 460 g/mol. The molecule has 0 spiro atoms. The largest absolute Gasteiger partial charge is 0.385 e. The lowest BCUT2D eigenvalue weighted by atomic mass is 9.84. The molecule has 2 amide bonds. The molecule has 0 fully saturated rings. The third-order valence-electron chi connectivity index (χ3n) is 6.08. The number of carbonyl (C=O) groups excluding carboxylic acids is 2. The molecular formula is C26H30N6O2S. The SMILES string of the molecule is CNc1c(C(=O)Nc2cc(NC(=O)c3cccc(C(C)(C)CN)c3)ccc2C)sc2c1NCC=N2. The van der Waals surface area contributed by atoms with Crippen LogP contribution in [-0.2, 0) is 5.41 Å². The fourth-order valence-electron chi connectivity index (χ4n) is 3.76. The highest BCUT2D eigenvalue weighted by atomic mass is 32.1. The normalized spacial score (nSPS) is 12.5. The van der Waals surface area contributed by atoms with Crippen LogP contribution in [0.3, 0.4) is 0 Å². The van der Waals surface area contributed by atoms with Crippen molar-refractivity contribution in [2.75, 3.05) is 41.4 Å². The average Bonchev–Trinajstić information content (AvgIpc) is 3.25. The summed E-state index contributed by atoms with van der Waals surface area (Å²) in [6, 6.07) is 12.9. The van der Waals surface area contributed by atoms with E-state index in [1.807, 2.05) is 51.1 Å². The lowest BCUT2D eigenvalue weighted by molar-refractivity contribution is 0.102. The first-order valence-electron chi connectivity index (χ1n) is 11.4. The predicted molar refractivity (Wildman–Crippen MR) is 146 cm³/mol. The average molecular weight is 491 g/mol. The summed E-state index contributed by atoms with van der Waals surface area (Å²) in [5.41, 5.74) is 10.9. The Hall–Kier alpha value is -3.69. The molecule has 0 unspecified atom stereocenters. The number of nitrogens with one attached hydrogen (secondary N) is 4. The van der Waals surface area contributed by atoms with Gasteiger partial charge in [0.05, 0.1) is 17.9 Å². The summed E-state index contributed by atoms with van der Waals surface area (Å²) in [6.07, 6.45) is 1.78. The molecule has 2 aromatic carbocycles. The predicted octanol–water partition coefficient (Wildman–Crippen LogP) is 4.97. The second kappa shape index (κ2) is 9.89. The topological polar surface area (TPSA) is 121 Å². The molecule has 0 saturated heterocycles. The van der Waals surface area contributed by atoms with Crippen molar-refractivity contribution in [3.05, 3.63) is 64.0 Å². The minimum Gasteiger partial charge on any atom is -0.385 e. The molecule has 9 heteroatoms. The fourth-order valence-corrected chi connectivity index (χ4v) is 4.81.